The van der Waals surface area contributed by atoms with E-state index in [4.69, 9.17) is 0 Å². The van der Waals surface area contributed by atoms with Gasteiger partial charge >= 0.3 is 5.97 Å². The van der Waals surface area contributed by atoms with Crippen LogP contribution in [0.4, 0.5) is 5.82 Å². The summed E-state index contributed by atoms with van der Waals surface area (Å²) in [6.07, 6.45) is 2.43. The fourth-order valence-electron chi connectivity index (χ4n) is 1.45. The summed E-state index contributed by atoms with van der Waals surface area (Å²) in [6.45, 7) is 0.759. The summed E-state index contributed by atoms with van der Waals surface area (Å²) in [5.41, 5.74) is 0. The fraction of sp³-hybridized carbons (Fsp3) is 0.500. The first kappa shape index (κ1) is 10.8. The van der Waals surface area contributed by atoms with E-state index in [-0.39, 0.29) is 24.4 Å². The number of anilines is 1. The maximum atomic E-state index is 11.2. The molecule has 0 aliphatic carbocycles. The molecular formula is C8H12ClN3O2. The highest BCUT2D eigenvalue weighted by Crippen LogP contribution is 2.16. The Bertz CT molecular complexity index is 326. The van der Waals surface area contributed by atoms with Gasteiger partial charge in [-0.3, -0.25) is 0 Å². The number of hydrogen-bond donors (Lipinski definition) is 1. The number of fused-ring (bicyclic) bond motifs is 1. The van der Waals surface area contributed by atoms with Crippen molar-refractivity contribution in [1.82, 2.24) is 9.78 Å². The van der Waals surface area contributed by atoms with Crippen LogP contribution in [0.15, 0.2) is 12.3 Å². The first-order chi connectivity index (χ1) is 6.31. The molecule has 0 spiro atoms. The molecule has 14 heavy (non-hydrogen) atoms. The largest absolute Gasteiger partial charge is 0.467 e. The van der Waals surface area contributed by atoms with Crippen molar-refractivity contribution >= 4 is 24.2 Å². The van der Waals surface area contributed by atoms with Gasteiger partial charge in [-0.1, -0.05) is 0 Å². The smallest absolute Gasteiger partial charge is 0.328 e. The normalized spacial score (nSPS) is 18.8. The van der Waals surface area contributed by atoms with Crippen molar-refractivity contribution in [1.29, 1.82) is 0 Å². The molecule has 0 bridgehead atoms. The maximum Gasteiger partial charge on any atom is 0.328 e. The SMILES string of the molecule is COC(=O)C1CCn2nccc2N1.Cl. The summed E-state index contributed by atoms with van der Waals surface area (Å²) in [4.78, 5) is 11.2. The molecule has 1 aliphatic heterocycles. The molecule has 0 saturated carbocycles. The van der Waals surface area contributed by atoms with Gasteiger partial charge in [-0.2, -0.15) is 5.10 Å². The zero-order chi connectivity index (χ0) is 9.26. The molecule has 0 amide bonds. The Morgan fingerprint density at radius 2 is 2.57 bits per heavy atom. The van der Waals surface area contributed by atoms with Crippen LogP contribution in [-0.4, -0.2) is 28.9 Å². The van der Waals surface area contributed by atoms with Gasteiger partial charge in [0.2, 0.25) is 0 Å². The predicted octanol–water partition coefficient (Wildman–Crippen LogP) is 0.662. The van der Waals surface area contributed by atoms with Crippen LogP contribution in [-0.2, 0) is 16.1 Å². The van der Waals surface area contributed by atoms with E-state index in [0.717, 1.165) is 18.8 Å². The van der Waals surface area contributed by atoms with Crippen LogP contribution in [0.25, 0.3) is 0 Å². The van der Waals surface area contributed by atoms with Crippen LogP contribution < -0.4 is 5.32 Å². The monoisotopic (exact) mass is 217 g/mol. The van der Waals surface area contributed by atoms with Gasteiger partial charge in [0.05, 0.1) is 13.3 Å². The number of aromatic nitrogens is 2. The highest BCUT2D eigenvalue weighted by molar-refractivity contribution is 5.85. The third kappa shape index (κ3) is 1.82. The second-order valence-corrected chi connectivity index (χ2v) is 2.95. The number of rotatable bonds is 1. The molecule has 2 rings (SSSR count). The lowest BCUT2D eigenvalue weighted by Crippen LogP contribution is -2.36. The fourth-order valence-corrected chi connectivity index (χ4v) is 1.45. The molecule has 1 unspecified atom stereocenters. The number of nitrogens with one attached hydrogen (secondary N) is 1. The van der Waals surface area contributed by atoms with Gasteiger partial charge in [-0.15, -0.1) is 12.4 Å². The highest BCUT2D eigenvalue weighted by atomic mass is 35.5. The second kappa shape index (κ2) is 4.32. The number of ether oxygens (including phenoxy) is 1. The van der Waals surface area contributed by atoms with Crippen molar-refractivity contribution in [2.24, 2.45) is 0 Å². The average molecular weight is 218 g/mol. The minimum atomic E-state index is -0.228. The Balaban J connectivity index is 0.000000980. The van der Waals surface area contributed by atoms with Gasteiger partial charge in [-0.25, -0.2) is 9.48 Å². The zero-order valence-corrected chi connectivity index (χ0v) is 8.58. The van der Waals surface area contributed by atoms with E-state index in [2.05, 4.69) is 15.2 Å². The number of carbonyl (C=O) groups excluding carboxylic acids is 1. The van der Waals surface area contributed by atoms with Crippen LogP contribution >= 0.6 is 12.4 Å². The summed E-state index contributed by atoms with van der Waals surface area (Å²) < 4.78 is 6.48. The number of methoxy groups -OCH3 is 1. The summed E-state index contributed by atoms with van der Waals surface area (Å²) >= 11 is 0. The van der Waals surface area contributed by atoms with Crippen molar-refractivity contribution in [3.8, 4) is 0 Å². The van der Waals surface area contributed by atoms with Gasteiger partial charge in [0.15, 0.2) is 0 Å². The summed E-state index contributed by atoms with van der Waals surface area (Å²) in [6, 6.07) is 1.61. The van der Waals surface area contributed by atoms with Gasteiger partial charge < -0.3 is 10.1 Å². The van der Waals surface area contributed by atoms with Crippen molar-refractivity contribution in [3.05, 3.63) is 12.3 Å². The minimum Gasteiger partial charge on any atom is -0.467 e. The lowest BCUT2D eigenvalue weighted by molar-refractivity contribution is -0.141. The van der Waals surface area contributed by atoms with E-state index in [1.165, 1.54) is 7.11 Å². The number of halogens is 1. The topological polar surface area (TPSA) is 56.2 Å². The van der Waals surface area contributed by atoms with Crippen LogP contribution in [0.3, 0.4) is 0 Å². The number of esters is 1. The summed E-state index contributed by atoms with van der Waals surface area (Å²) in [5.74, 6) is 0.661. The van der Waals surface area contributed by atoms with Crippen molar-refractivity contribution in [2.45, 2.75) is 19.0 Å². The van der Waals surface area contributed by atoms with Crippen LogP contribution in [0.1, 0.15) is 6.42 Å². The average Bonchev–Trinajstić information content (AvgIpc) is 2.63. The molecule has 1 aliphatic rings. The second-order valence-electron chi connectivity index (χ2n) is 2.95. The number of hydrogen-bond acceptors (Lipinski definition) is 4. The third-order valence-corrected chi connectivity index (χ3v) is 2.15. The molecule has 1 atom stereocenters. The Morgan fingerprint density at radius 1 is 1.79 bits per heavy atom. The number of aryl methyl sites for hydroxylation is 1. The first-order valence-electron chi connectivity index (χ1n) is 4.17. The molecule has 0 saturated heterocycles. The Morgan fingerprint density at radius 3 is 3.29 bits per heavy atom. The van der Waals surface area contributed by atoms with E-state index in [1.807, 2.05) is 10.7 Å². The van der Waals surface area contributed by atoms with Gasteiger partial charge in [-0.05, 0) is 6.42 Å². The molecule has 0 radical (unpaired) electrons. The van der Waals surface area contributed by atoms with Gasteiger partial charge in [0, 0.05) is 12.6 Å². The first-order valence-corrected chi connectivity index (χ1v) is 4.17. The minimum absolute atomic E-state index is 0. The Kier molecular flexibility index (Phi) is 3.35. The molecule has 0 aromatic carbocycles. The van der Waals surface area contributed by atoms with Crippen molar-refractivity contribution < 1.29 is 9.53 Å². The molecule has 0 fully saturated rings. The maximum absolute atomic E-state index is 11.2. The van der Waals surface area contributed by atoms with Gasteiger partial charge in [0.25, 0.3) is 0 Å². The van der Waals surface area contributed by atoms with E-state index in [9.17, 15) is 4.79 Å². The van der Waals surface area contributed by atoms with Crippen molar-refractivity contribution in [2.75, 3.05) is 12.4 Å². The van der Waals surface area contributed by atoms with Crippen LogP contribution in [0.2, 0.25) is 0 Å². The highest BCUT2D eigenvalue weighted by Gasteiger charge is 2.24. The lowest BCUT2D eigenvalue weighted by Gasteiger charge is -2.23. The molecule has 6 heteroatoms. The predicted molar refractivity (Wildman–Crippen MR) is 53.5 cm³/mol. The Labute approximate surface area is 87.8 Å². The van der Waals surface area contributed by atoms with E-state index < -0.39 is 0 Å². The van der Waals surface area contributed by atoms with Crippen molar-refractivity contribution in [3.63, 3.8) is 0 Å². The quantitative estimate of drug-likeness (QED) is 0.703. The standard InChI is InChI=1S/C8H11N3O2.ClH/c1-13-8(12)6-3-5-11-7(10-6)2-4-9-11;/h2,4,6,10H,3,5H2,1H3;1H. The van der Waals surface area contributed by atoms with Crippen LogP contribution in [0.5, 0.6) is 0 Å². The molecular weight excluding hydrogens is 206 g/mol. The molecule has 2 heterocycles. The van der Waals surface area contributed by atoms with E-state index >= 15 is 0 Å². The molecule has 78 valence electrons. The van der Waals surface area contributed by atoms with Crippen LogP contribution in [0, 0.1) is 0 Å². The van der Waals surface area contributed by atoms with E-state index in [1.54, 1.807) is 6.20 Å². The summed E-state index contributed by atoms with van der Waals surface area (Å²) in [7, 11) is 1.40. The zero-order valence-electron chi connectivity index (χ0n) is 7.77. The van der Waals surface area contributed by atoms with Gasteiger partial charge in [0.1, 0.15) is 11.9 Å². The molecule has 1 aromatic heterocycles. The van der Waals surface area contributed by atoms with E-state index in [0.29, 0.717) is 0 Å². The summed E-state index contributed by atoms with van der Waals surface area (Å²) in [5, 5.41) is 7.13. The number of carbonyl (C=O) groups is 1. The third-order valence-electron chi connectivity index (χ3n) is 2.15. The molecule has 5 nitrogen and oxygen atoms in total. The molecule has 1 N–H and O–H groups in total. The Hall–Kier alpha value is -1.23. The lowest BCUT2D eigenvalue weighted by atomic mass is 10.2. The molecule has 1 aromatic rings. The number of nitrogens with zero attached hydrogens (tertiary/aromatic N) is 2.